The summed E-state index contributed by atoms with van der Waals surface area (Å²) in [7, 11) is -0.934. The van der Waals surface area contributed by atoms with Gasteiger partial charge in [-0.25, -0.2) is 8.42 Å². The van der Waals surface area contributed by atoms with Crippen LogP contribution in [-0.2, 0) is 9.84 Å². The van der Waals surface area contributed by atoms with Gasteiger partial charge in [0.1, 0.15) is 0 Å². The van der Waals surface area contributed by atoms with Gasteiger partial charge in [0, 0.05) is 16.9 Å². The predicted molar refractivity (Wildman–Crippen MR) is 82.2 cm³/mol. The van der Waals surface area contributed by atoms with Gasteiger partial charge < -0.3 is 5.32 Å². The van der Waals surface area contributed by atoms with Crippen LogP contribution in [0.2, 0.25) is 0 Å². The van der Waals surface area contributed by atoms with Crippen LogP contribution >= 0.6 is 15.9 Å². The van der Waals surface area contributed by atoms with Crippen LogP contribution in [0.3, 0.4) is 0 Å². The van der Waals surface area contributed by atoms with Crippen LogP contribution in [0.15, 0.2) is 28.7 Å². The van der Waals surface area contributed by atoms with Crippen LogP contribution < -0.4 is 5.32 Å². The lowest BCUT2D eigenvalue weighted by molar-refractivity contribution is 0.398. The monoisotopic (exact) mass is 345 g/mol. The average Bonchev–Trinajstić information content (AvgIpc) is 2.34. The molecule has 1 aromatic rings. The Morgan fingerprint density at radius 2 is 2.26 bits per heavy atom. The Morgan fingerprint density at radius 3 is 2.89 bits per heavy atom. The third-order valence-electron chi connectivity index (χ3n) is 3.77. The molecule has 2 atom stereocenters. The Labute approximate surface area is 123 Å². The Bertz CT molecular complexity index is 530. The summed E-state index contributed by atoms with van der Waals surface area (Å²) >= 11 is 3.49. The van der Waals surface area contributed by atoms with Crippen molar-refractivity contribution in [3.8, 4) is 0 Å². The second-order valence-corrected chi connectivity index (χ2v) is 8.38. The number of rotatable bonds is 4. The van der Waals surface area contributed by atoms with Crippen molar-refractivity contribution in [1.82, 2.24) is 5.32 Å². The zero-order chi connectivity index (χ0) is 13.9. The van der Waals surface area contributed by atoms with Crippen molar-refractivity contribution in [1.29, 1.82) is 0 Å². The fourth-order valence-electron chi connectivity index (χ4n) is 2.89. The molecule has 0 aliphatic carbocycles. The van der Waals surface area contributed by atoms with Gasteiger partial charge in [0.05, 0.1) is 11.5 Å². The lowest BCUT2D eigenvalue weighted by Crippen LogP contribution is -2.33. The lowest BCUT2D eigenvalue weighted by Gasteiger charge is -2.30. The maximum absolute atomic E-state index is 11.8. The summed E-state index contributed by atoms with van der Waals surface area (Å²) in [5.41, 5.74) is 1.21. The van der Waals surface area contributed by atoms with Gasteiger partial charge >= 0.3 is 0 Å². The van der Waals surface area contributed by atoms with Crippen molar-refractivity contribution in [2.24, 2.45) is 5.92 Å². The third-order valence-corrected chi connectivity index (χ3v) is 6.11. The maximum atomic E-state index is 11.8. The maximum Gasteiger partial charge on any atom is 0.150 e. The molecule has 0 aromatic heterocycles. The second kappa shape index (κ2) is 6.37. The SMILES string of the molecule is CNCC(c1cccc(Br)c1)C1CCCS(=O)(=O)C1. The number of benzene rings is 1. The highest BCUT2D eigenvalue weighted by atomic mass is 79.9. The predicted octanol–water partition coefficient (Wildman–Crippen LogP) is 2.58. The minimum Gasteiger partial charge on any atom is -0.319 e. The molecule has 106 valence electrons. The van der Waals surface area contributed by atoms with Crippen molar-refractivity contribution in [3.63, 3.8) is 0 Å². The van der Waals surface area contributed by atoms with Gasteiger partial charge in [-0.05, 0) is 43.5 Å². The summed E-state index contributed by atoms with van der Waals surface area (Å²) < 4.78 is 24.7. The Kier molecular flexibility index (Phi) is 5.03. The summed E-state index contributed by atoms with van der Waals surface area (Å²) in [5.74, 6) is 1.17. The van der Waals surface area contributed by atoms with Crippen molar-refractivity contribution in [3.05, 3.63) is 34.3 Å². The van der Waals surface area contributed by atoms with E-state index in [4.69, 9.17) is 0 Å². The van der Waals surface area contributed by atoms with Crippen LogP contribution in [0.25, 0.3) is 0 Å². The van der Waals surface area contributed by atoms with Crippen molar-refractivity contribution in [2.45, 2.75) is 18.8 Å². The van der Waals surface area contributed by atoms with Gasteiger partial charge in [-0.15, -0.1) is 0 Å². The first-order valence-corrected chi connectivity index (χ1v) is 9.24. The molecule has 0 amide bonds. The van der Waals surface area contributed by atoms with Gasteiger partial charge in [-0.2, -0.15) is 0 Å². The standard InChI is InChI=1S/C14H20BrNO2S/c1-16-9-14(11-4-2-6-13(15)8-11)12-5-3-7-19(17,18)10-12/h2,4,6,8,12,14,16H,3,5,7,9-10H2,1H3. The van der Waals surface area contributed by atoms with E-state index in [0.29, 0.717) is 11.5 Å². The number of hydrogen-bond acceptors (Lipinski definition) is 3. The van der Waals surface area contributed by atoms with Gasteiger partial charge in [0.25, 0.3) is 0 Å². The van der Waals surface area contributed by atoms with E-state index in [2.05, 4.69) is 33.4 Å². The first kappa shape index (κ1) is 15.0. The largest absolute Gasteiger partial charge is 0.319 e. The highest BCUT2D eigenvalue weighted by Gasteiger charge is 2.31. The molecular formula is C14H20BrNO2S. The van der Waals surface area contributed by atoms with Crippen LogP contribution in [-0.4, -0.2) is 33.5 Å². The molecule has 1 aliphatic heterocycles. The summed E-state index contributed by atoms with van der Waals surface area (Å²) in [4.78, 5) is 0. The van der Waals surface area contributed by atoms with E-state index in [1.54, 1.807) is 0 Å². The normalized spacial score (nSPS) is 24.0. The van der Waals surface area contributed by atoms with Gasteiger partial charge in [-0.1, -0.05) is 28.1 Å². The van der Waals surface area contributed by atoms with Crippen molar-refractivity contribution >= 4 is 25.8 Å². The van der Waals surface area contributed by atoms with E-state index >= 15 is 0 Å². The van der Waals surface area contributed by atoms with E-state index < -0.39 is 9.84 Å². The molecule has 0 bridgehead atoms. The van der Waals surface area contributed by atoms with Crippen LogP contribution in [0.1, 0.15) is 24.3 Å². The average molecular weight is 346 g/mol. The number of likely N-dealkylation sites (N-methyl/N-ethyl adjacent to an activating group) is 1. The molecule has 0 radical (unpaired) electrons. The molecule has 0 spiro atoms. The van der Waals surface area contributed by atoms with E-state index in [1.165, 1.54) is 5.56 Å². The van der Waals surface area contributed by atoms with E-state index in [-0.39, 0.29) is 11.8 Å². The van der Waals surface area contributed by atoms with E-state index in [1.807, 2.05) is 19.2 Å². The zero-order valence-corrected chi connectivity index (χ0v) is 13.5. The molecule has 1 N–H and O–H groups in total. The third kappa shape index (κ3) is 4.04. The second-order valence-electron chi connectivity index (χ2n) is 5.24. The summed E-state index contributed by atoms with van der Waals surface area (Å²) in [6.45, 7) is 0.816. The molecular weight excluding hydrogens is 326 g/mol. The van der Waals surface area contributed by atoms with Crippen LogP contribution in [0, 0.1) is 5.92 Å². The number of nitrogens with one attached hydrogen (secondary N) is 1. The molecule has 5 heteroatoms. The van der Waals surface area contributed by atoms with E-state index in [0.717, 1.165) is 23.9 Å². The topological polar surface area (TPSA) is 46.2 Å². The number of sulfone groups is 1. The Balaban J connectivity index is 2.24. The minimum atomic E-state index is -2.85. The molecule has 19 heavy (non-hydrogen) atoms. The smallest absolute Gasteiger partial charge is 0.150 e. The molecule has 1 saturated heterocycles. The van der Waals surface area contributed by atoms with Crippen molar-refractivity contribution in [2.75, 3.05) is 25.1 Å². The summed E-state index contributed by atoms with van der Waals surface area (Å²) in [6.07, 6.45) is 1.79. The molecule has 1 heterocycles. The Hall–Kier alpha value is -0.390. The highest BCUT2D eigenvalue weighted by molar-refractivity contribution is 9.10. The molecule has 1 aromatic carbocycles. The molecule has 2 rings (SSSR count). The van der Waals surface area contributed by atoms with Crippen LogP contribution in [0.5, 0.6) is 0 Å². The first-order valence-electron chi connectivity index (χ1n) is 6.62. The fraction of sp³-hybridized carbons (Fsp3) is 0.571. The molecule has 1 aliphatic rings. The quantitative estimate of drug-likeness (QED) is 0.912. The van der Waals surface area contributed by atoms with Crippen LogP contribution in [0.4, 0.5) is 0 Å². The molecule has 2 unspecified atom stereocenters. The lowest BCUT2D eigenvalue weighted by atomic mass is 9.84. The molecule has 3 nitrogen and oxygen atoms in total. The fourth-order valence-corrected chi connectivity index (χ4v) is 5.13. The molecule has 1 fully saturated rings. The highest BCUT2D eigenvalue weighted by Crippen LogP contribution is 2.33. The number of hydrogen-bond donors (Lipinski definition) is 1. The van der Waals surface area contributed by atoms with Gasteiger partial charge in [0.2, 0.25) is 0 Å². The zero-order valence-electron chi connectivity index (χ0n) is 11.1. The summed E-state index contributed by atoms with van der Waals surface area (Å²) in [5, 5.41) is 3.20. The summed E-state index contributed by atoms with van der Waals surface area (Å²) in [6, 6.07) is 8.20. The van der Waals surface area contributed by atoms with Gasteiger partial charge in [0.15, 0.2) is 9.84 Å². The van der Waals surface area contributed by atoms with E-state index in [9.17, 15) is 8.42 Å². The Morgan fingerprint density at radius 1 is 1.47 bits per heavy atom. The van der Waals surface area contributed by atoms with Crippen molar-refractivity contribution < 1.29 is 8.42 Å². The van der Waals surface area contributed by atoms with Gasteiger partial charge in [-0.3, -0.25) is 0 Å². The first-order chi connectivity index (χ1) is 9.02. The molecule has 0 saturated carbocycles. The minimum absolute atomic E-state index is 0.223. The number of halogens is 1.